The van der Waals surface area contributed by atoms with E-state index in [0.29, 0.717) is 10.6 Å². The molecule has 5 nitrogen and oxygen atoms in total. The lowest BCUT2D eigenvalue weighted by Gasteiger charge is -2.28. The normalized spacial score (nSPS) is 15.0. The highest BCUT2D eigenvalue weighted by molar-refractivity contribution is 7.98. The highest BCUT2D eigenvalue weighted by Gasteiger charge is 2.30. The van der Waals surface area contributed by atoms with Gasteiger partial charge in [0.05, 0.1) is 12.7 Å². The maximum atomic E-state index is 12.8. The molecule has 114 valence electrons. The summed E-state index contributed by atoms with van der Waals surface area (Å²) in [4.78, 5) is 30.3. The Kier molecular flexibility index (Phi) is 5.61. The predicted octanol–water partition coefficient (Wildman–Crippen LogP) is 2.36. The van der Waals surface area contributed by atoms with Crippen molar-refractivity contribution in [3.8, 4) is 0 Å². The third kappa shape index (κ3) is 3.75. The van der Waals surface area contributed by atoms with Gasteiger partial charge in [0.2, 0.25) is 0 Å². The van der Waals surface area contributed by atoms with E-state index in [-0.39, 0.29) is 24.5 Å². The molecule has 0 unspecified atom stereocenters. The molecular formula is C15H20N2O3S. The Bertz CT molecular complexity index is 515. The third-order valence-electron chi connectivity index (χ3n) is 3.75. The number of hydrogen-bond acceptors (Lipinski definition) is 5. The summed E-state index contributed by atoms with van der Waals surface area (Å²) in [5.74, 6) is -0.519. The van der Waals surface area contributed by atoms with Gasteiger partial charge in [-0.15, -0.1) is 11.8 Å². The van der Waals surface area contributed by atoms with Gasteiger partial charge in [0.25, 0.3) is 5.91 Å². The first-order chi connectivity index (χ1) is 10.2. The number of amides is 1. The molecule has 0 radical (unpaired) electrons. The molecule has 0 N–H and O–H groups in total. The number of thioether (sulfide) groups is 1. The fourth-order valence-electron chi connectivity index (χ4n) is 2.66. The van der Waals surface area contributed by atoms with Crippen LogP contribution >= 0.6 is 11.8 Å². The molecule has 0 aliphatic heterocycles. The Balaban J connectivity index is 2.26. The molecule has 1 amide bonds. The number of pyridine rings is 1. The van der Waals surface area contributed by atoms with Gasteiger partial charge in [-0.2, -0.15) is 0 Å². The van der Waals surface area contributed by atoms with Crippen LogP contribution in [0.5, 0.6) is 0 Å². The molecule has 1 aromatic heterocycles. The molecule has 2 rings (SSSR count). The molecule has 0 spiro atoms. The second-order valence-corrected chi connectivity index (χ2v) is 5.80. The standard InChI is InChI=1S/C15H20N2O3S/c1-20-13(18)10-17(11-6-3-4-7-11)15(19)12-8-5-9-16-14(12)21-2/h5,8-9,11H,3-4,6-7,10H2,1-2H3. The average Bonchev–Trinajstić information content (AvgIpc) is 3.05. The zero-order valence-corrected chi connectivity index (χ0v) is 13.2. The van der Waals surface area contributed by atoms with Crippen LogP contribution in [-0.2, 0) is 9.53 Å². The van der Waals surface area contributed by atoms with Crippen molar-refractivity contribution in [1.82, 2.24) is 9.88 Å². The molecule has 1 fully saturated rings. The van der Waals surface area contributed by atoms with E-state index in [1.165, 1.54) is 18.9 Å². The van der Waals surface area contributed by atoms with Gasteiger partial charge in [-0.3, -0.25) is 9.59 Å². The number of nitrogens with zero attached hydrogens (tertiary/aromatic N) is 2. The Hall–Kier alpha value is -1.56. The van der Waals surface area contributed by atoms with Gasteiger partial charge in [0.15, 0.2) is 0 Å². The lowest BCUT2D eigenvalue weighted by atomic mass is 10.1. The van der Waals surface area contributed by atoms with Gasteiger partial charge in [-0.05, 0) is 31.2 Å². The maximum absolute atomic E-state index is 12.8. The van der Waals surface area contributed by atoms with Crippen molar-refractivity contribution < 1.29 is 14.3 Å². The van der Waals surface area contributed by atoms with Crippen molar-refractivity contribution >= 4 is 23.6 Å². The highest BCUT2D eigenvalue weighted by Crippen LogP contribution is 2.26. The second-order valence-electron chi connectivity index (χ2n) is 5.01. The number of methoxy groups -OCH3 is 1. The maximum Gasteiger partial charge on any atom is 0.325 e. The predicted molar refractivity (Wildman–Crippen MR) is 81.3 cm³/mol. The van der Waals surface area contributed by atoms with E-state index in [4.69, 9.17) is 4.74 Å². The number of esters is 1. The lowest BCUT2D eigenvalue weighted by Crippen LogP contribution is -2.42. The summed E-state index contributed by atoms with van der Waals surface area (Å²) < 4.78 is 4.73. The zero-order valence-electron chi connectivity index (χ0n) is 12.4. The summed E-state index contributed by atoms with van der Waals surface area (Å²) in [5, 5.41) is 0.690. The van der Waals surface area contributed by atoms with E-state index in [1.54, 1.807) is 23.2 Å². The Morgan fingerprint density at radius 1 is 1.43 bits per heavy atom. The summed E-state index contributed by atoms with van der Waals surface area (Å²) in [6, 6.07) is 3.63. The van der Waals surface area contributed by atoms with E-state index in [9.17, 15) is 9.59 Å². The molecule has 0 aromatic carbocycles. The van der Waals surface area contributed by atoms with Crippen LogP contribution in [-0.4, -0.2) is 47.7 Å². The van der Waals surface area contributed by atoms with Gasteiger partial charge in [0, 0.05) is 12.2 Å². The first-order valence-corrected chi connectivity index (χ1v) is 8.26. The number of rotatable bonds is 5. The summed E-state index contributed by atoms with van der Waals surface area (Å²) in [6.07, 6.45) is 7.63. The molecule has 1 heterocycles. The van der Waals surface area contributed by atoms with Crippen LogP contribution in [0.25, 0.3) is 0 Å². The largest absolute Gasteiger partial charge is 0.468 e. The SMILES string of the molecule is COC(=O)CN(C(=O)c1cccnc1SC)C1CCCC1. The highest BCUT2D eigenvalue weighted by atomic mass is 32.2. The van der Waals surface area contributed by atoms with Crippen LogP contribution in [0.15, 0.2) is 23.4 Å². The average molecular weight is 308 g/mol. The van der Waals surface area contributed by atoms with E-state index in [2.05, 4.69) is 4.98 Å². The molecule has 21 heavy (non-hydrogen) atoms. The molecule has 1 aliphatic carbocycles. The van der Waals surface area contributed by atoms with Crippen molar-refractivity contribution in [1.29, 1.82) is 0 Å². The summed E-state index contributed by atoms with van der Waals surface area (Å²) in [5.41, 5.74) is 0.556. The van der Waals surface area contributed by atoms with Crippen LogP contribution in [0.1, 0.15) is 36.0 Å². The van der Waals surface area contributed by atoms with Crippen LogP contribution in [0.3, 0.4) is 0 Å². The number of aromatic nitrogens is 1. The molecule has 1 aliphatic rings. The van der Waals surface area contributed by atoms with Crippen molar-refractivity contribution in [2.75, 3.05) is 19.9 Å². The number of hydrogen-bond donors (Lipinski definition) is 0. The quantitative estimate of drug-likeness (QED) is 0.617. The third-order valence-corrected chi connectivity index (χ3v) is 4.46. The van der Waals surface area contributed by atoms with Gasteiger partial charge < -0.3 is 9.64 Å². The van der Waals surface area contributed by atoms with Crippen molar-refractivity contribution in [2.45, 2.75) is 36.8 Å². The molecule has 0 bridgehead atoms. The second kappa shape index (κ2) is 7.45. The minimum absolute atomic E-state index is 0.00269. The fraction of sp³-hybridized carbons (Fsp3) is 0.533. The summed E-state index contributed by atoms with van der Waals surface area (Å²) >= 11 is 1.43. The molecule has 0 atom stereocenters. The molecular weight excluding hydrogens is 288 g/mol. The Morgan fingerprint density at radius 2 is 2.14 bits per heavy atom. The number of carbonyl (C=O) groups excluding carboxylic acids is 2. The summed E-state index contributed by atoms with van der Waals surface area (Å²) in [7, 11) is 1.34. The van der Waals surface area contributed by atoms with Crippen LogP contribution < -0.4 is 0 Å². The zero-order chi connectivity index (χ0) is 15.2. The minimum Gasteiger partial charge on any atom is -0.468 e. The fourth-order valence-corrected chi connectivity index (χ4v) is 3.20. The number of ether oxygens (including phenoxy) is 1. The smallest absolute Gasteiger partial charge is 0.325 e. The molecule has 1 aromatic rings. The monoisotopic (exact) mass is 308 g/mol. The van der Waals surface area contributed by atoms with E-state index in [0.717, 1.165) is 25.7 Å². The van der Waals surface area contributed by atoms with Crippen molar-refractivity contribution in [3.63, 3.8) is 0 Å². The minimum atomic E-state index is -0.384. The van der Waals surface area contributed by atoms with Crippen LogP contribution in [0, 0.1) is 0 Å². The first-order valence-electron chi connectivity index (χ1n) is 7.04. The molecule has 6 heteroatoms. The van der Waals surface area contributed by atoms with Crippen molar-refractivity contribution in [2.24, 2.45) is 0 Å². The van der Waals surface area contributed by atoms with E-state index < -0.39 is 0 Å². The topological polar surface area (TPSA) is 59.5 Å². The van der Waals surface area contributed by atoms with Gasteiger partial charge in [-0.1, -0.05) is 12.8 Å². The molecule has 0 saturated heterocycles. The van der Waals surface area contributed by atoms with Gasteiger partial charge >= 0.3 is 5.97 Å². The Labute approximate surface area is 129 Å². The first kappa shape index (κ1) is 15.8. The van der Waals surface area contributed by atoms with Gasteiger partial charge in [0.1, 0.15) is 11.6 Å². The Morgan fingerprint density at radius 3 is 2.76 bits per heavy atom. The van der Waals surface area contributed by atoms with Crippen LogP contribution in [0.2, 0.25) is 0 Å². The van der Waals surface area contributed by atoms with E-state index in [1.807, 2.05) is 6.26 Å². The van der Waals surface area contributed by atoms with E-state index >= 15 is 0 Å². The molecule has 1 saturated carbocycles. The number of carbonyl (C=O) groups is 2. The van der Waals surface area contributed by atoms with Gasteiger partial charge in [-0.25, -0.2) is 4.98 Å². The van der Waals surface area contributed by atoms with Crippen LogP contribution in [0.4, 0.5) is 0 Å². The van der Waals surface area contributed by atoms with Crippen molar-refractivity contribution in [3.05, 3.63) is 23.9 Å². The summed E-state index contributed by atoms with van der Waals surface area (Å²) in [6.45, 7) is 0.00269. The lowest BCUT2D eigenvalue weighted by molar-refractivity contribution is -0.141.